The minimum absolute atomic E-state index is 0.0233. The van der Waals surface area contributed by atoms with Gasteiger partial charge in [-0.3, -0.25) is 9.59 Å². The molecule has 0 saturated heterocycles. The van der Waals surface area contributed by atoms with Gasteiger partial charge in [0.25, 0.3) is 0 Å². The molecule has 208 valence electrons. The summed E-state index contributed by atoms with van der Waals surface area (Å²) in [4.78, 5) is 28.6. The summed E-state index contributed by atoms with van der Waals surface area (Å²) in [5.41, 5.74) is 0.511. The number of methoxy groups -OCH3 is 1. The number of rotatable bonds is 4. The molecule has 4 atom stereocenters. The Morgan fingerprint density at radius 2 is 1.02 bits per heavy atom. The predicted octanol–water partition coefficient (Wildman–Crippen LogP) is 4.79. The van der Waals surface area contributed by atoms with Crippen molar-refractivity contribution < 1.29 is 49.3 Å². The molecule has 0 radical (unpaired) electrons. The fourth-order valence-corrected chi connectivity index (χ4v) is 5.57. The Labute approximate surface area is 233 Å². The van der Waals surface area contributed by atoms with Crippen LogP contribution in [-0.4, -0.2) is 44.2 Å². The van der Waals surface area contributed by atoms with E-state index >= 15 is 0 Å². The summed E-state index contributed by atoms with van der Waals surface area (Å²) in [6.45, 7) is 0. The number of benzene rings is 4. The van der Waals surface area contributed by atoms with E-state index in [4.69, 9.17) is 14.2 Å². The van der Waals surface area contributed by atoms with E-state index in [0.717, 1.165) is 6.07 Å². The predicted molar refractivity (Wildman–Crippen MR) is 143 cm³/mol. The minimum atomic E-state index is -1.30. The van der Waals surface area contributed by atoms with Crippen LogP contribution >= 0.6 is 0 Å². The number of hydrogen-bond donors (Lipinski definition) is 5. The molecule has 6 rings (SSSR count). The highest BCUT2D eigenvalue weighted by Crippen LogP contribution is 2.53. The van der Waals surface area contributed by atoms with Crippen molar-refractivity contribution in [2.24, 2.45) is 11.8 Å². The van der Waals surface area contributed by atoms with E-state index in [1.54, 1.807) is 12.1 Å². The van der Waals surface area contributed by atoms with Crippen LogP contribution in [0.1, 0.15) is 44.1 Å². The molecule has 10 nitrogen and oxygen atoms in total. The molecule has 0 aliphatic carbocycles. The number of carbonyl (C=O) groups excluding carboxylic acids is 2. The SMILES string of the molecule is COc1cc(O)c2c(c1)O[C@H](c1ccc(O)cc1)[C@@H]([C@H]1C(=O)c3c(O)cc(O)cc3O[C@@H]1c1ccc(O)cc1)C2=O. The smallest absolute Gasteiger partial charge is 0.178 e. The van der Waals surface area contributed by atoms with Crippen LogP contribution in [0.4, 0.5) is 0 Å². The number of aromatic hydroxyl groups is 5. The monoisotopic (exact) mass is 556 g/mol. The molecule has 2 heterocycles. The van der Waals surface area contributed by atoms with Crippen molar-refractivity contribution in [1.82, 2.24) is 0 Å². The zero-order chi connectivity index (χ0) is 29.0. The van der Waals surface area contributed by atoms with Gasteiger partial charge >= 0.3 is 0 Å². The largest absolute Gasteiger partial charge is 0.508 e. The lowest BCUT2D eigenvalue weighted by Crippen LogP contribution is -2.45. The van der Waals surface area contributed by atoms with Crippen LogP contribution in [0.3, 0.4) is 0 Å². The maximum atomic E-state index is 14.3. The number of fused-ring (bicyclic) bond motifs is 2. The Morgan fingerprint density at radius 3 is 1.49 bits per heavy atom. The van der Waals surface area contributed by atoms with E-state index in [-0.39, 0.29) is 45.6 Å². The number of Topliss-reactive ketones (excluding diaryl/α,β-unsaturated/α-hetero) is 2. The van der Waals surface area contributed by atoms with E-state index in [2.05, 4.69) is 0 Å². The molecular weight excluding hydrogens is 532 g/mol. The van der Waals surface area contributed by atoms with Crippen molar-refractivity contribution in [3.63, 3.8) is 0 Å². The van der Waals surface area contributed by atoms with Gasteiger partial charge in [0.1, 0.15) is 69.3 Å². The van der Waals surface area contributed by atoms with E-state index < -0.39 is 47.1 Å². The lowest BCUT2D eigenvalue weighted by atomic mass is 9.69. The van der Waals surface area contributed by atoms with Gasteiger partial charge in [0.2, 0.25) is 0 Å². The topological polar surface area (TPSA) is 163 Å². The van der Waals surface area contributed by atoms with Crippen LogP contribution in [0.5, 0.6) is 46.0 Å². The highest BCUT2D eigenvalue weighted by molar-refractivity contribution is 6.11. The van der Waals surface area contributed by atoms with E-state index in [1.165, 1.54) is 61.7 Å². The lowest BCUT2D eigenvalue weighted by molar-refractivity contribution is 0.0129. The van der Waals surface area contributed by atoms with Gasteiger partial charge < -0.3 is 39.7 Å². The molecular formula is C31H24O10. The highest BCUT2D eigenvalue weighted by atomic mass is 16.5. The van der Waals surface area contributed by atoms with Gasteiger partial charge in [-0.15, -0.1) is 0 Å². The van der Waals surface area contributed by atoms with Gasteiger partial charge in [-0.25, -0.2) is 0 Å². The van der Waals surface area contributed by atoms with Crippen LogP contribution in [0.25, 0.3) is 0 Å². The fourth-order valence-electron chi connectivity index (χ4n) is 5.57. The summed E-state index contributed by atoms with van der Waals surface area (Å²) in [6, 6.07) is 16.7. The molecule has 0 aromatic heterocycles. The molecule has 0 spiro atoms. The Balaban J connectivity index is 1.58. The first-order valence-electron chi connectivity index (χ1n) is 12.6. The van der Waals surface area contributed by atoms with E-state index in [0.29, 0.717) is 11.1 Å². The normalized spacial score (nSPS) is 21.3. The number of phenols is 5. The van der Waals surface area contributed by atoms with Crippen LogP contribution in [0.2, 0.25) is 0 Å². The van der Waals surface area contributed by atoms with Gasteiger partial charge in [-0.05, 0) is 35.4 Å². The Hall–Kier alpha value is -5.38. The van der Waals surface area contributed by atoms with Crippen molar-refractivity contribution in [3.8, 4) is 46.0 Å². The molecule has 5 N–H and O–H groups in total. The molecule has 0 amide bonds. The van der Waals surface area contributed by atoms with Crippen LogP contribution in [0.15, 0.2) is 72.8 Å². The molecule has 0 saturated carbocycles. The van der Waals surface area contributed by atoms with Crippen LogP contribution < -0.4 is 14.2 Å². The van der Waals surface area contributed by atoms with Crippen LogP contribution in [0, 0.1) is 11.8 Å². The average molecular weight is 557 g/mol. The van der Waals surface area contributed by atoms with E-state index in [9.17, 15) is 35.1 Å². The molecule has 4 aromatic carbocycles. The Morgan fingerprint density at radius 1 is 0.585 bits per heavy atom. The first-order chi connectivity index (χ1) is 19.7. The van der Waals surface area contributed by atoms with Gasteiger partial charge in [0.15, 0.2) is 11.6 Å². The maximum absolute atomic E-state index is 14.3. The van der Waals surface area contributed by atoms with Crippen molar-refractivity contribution in [3.05, 3.63) is 95.1 Å². The van der Waals surface area contributed by atoms with Gasteiger partial charge in [0, 0.05) is 24.3 Å². The second-order valence-electron chi connectivity index (χ2n) is 9.90. The van der Waals surface area contributed by atoms with Crippen molar-refractivity contribution in [2.45, 2.75) is 12.2 Å². The summed E-state index contributed by atoms with van der Waals surface area (Å²) in [6.07, 6.45) is -2.23. The number of ketones is 2. The zero-order valence-corrected chi connectivity index (χ0v) is 21.5. The summed E-state index contributed by atoms with van der Waals surface area (Å²) < 4.78 is 17.8. The number of carbonyl (C=O) groups is 2. The van der Waals surface area contributed by atoms with Crippen molar-refractivity contribution in [2.75, 3.05) is 7.11 Å². The molecule has 41 heavy (non-hydrogen) atoms. The van der Waals surface area contributed by atoms with Gasteiger partial charge in [-0.2, -0.15) is 0 Å². The summed E-state index contributed by atoms with van der Waals surface area (Å²) in [7, 11) is 1.40. The second-order valence-corrected chi connectivity index (χ2v) is 9.90. The first kappa shape index (κ1) is 25.9. The zero-order valence-electron chi connectivity index (χ0n) is 21.5. The average Bonchev–Trinajstić information content (AvgIpc) is 2.93. The maximum Gasteiger partial charge on any atom is 0.178 e. The lowest BCUT2D eigenvalue weighted by Gasteiger charge is -2.42. The molecule has 0 bridgehead atoms. The third-order valence-electron chi connectivity index (χ3n) is 7.45. The van der Waals surface area contributed by atoms with E-state index in [1.807, 2.05) is 0 Å². The minimum Gasteiger partial charge on any atom is -0.508 e. The first-order valence-corrected chi connectivity index (χ1v) is 12.6. The van der Waals surface area contributed by atoms with Crippen molar-refractivity contribution in [1.29, 1.82) is 0 Å². The molecule has 0 unspecified atom stereocenters. The van der Waals surface area contributed by atoms with Crippen molar-refractivity contribution >= 4 is 11.6 Å². The highest BCUT2D eigenvalue weighted by Gasteiger charge is 2.53. The quantitative estimate of drug-likeness (QED) is 0.236. The third kappa shape index (κ3) is 4.29. The molecule has 2 aliphatic heterocycles. The summed E-state index contributed by atoms with van der Waals surface area (Å²) in [5.74, 6) is -4.98. The Kier molecular flexibility index (Phi) is 6.10. The van der Waals surface area contributed by atoms with Gasteiger partial charge in [-0.1, -0.05) is 24.3 Å². The number of hydrogen-bond acceptors (Lipinski definition) is 10. The second kappa shape index (κ2) is 9.67. The molecule has 4 aromatic rings. The standard InChI is InChI=1S/C31H24O10/c1-39-19-12-21(36)25-23(13-19)41-31(15-4-8-17(33)9-5-15)27(29(25)38)26-28(37)24-20(35)10-18(34)11-22(24)40-30(26)14-2-6-16(32)7-3-14/h2-13,26-27,30-36H,1H3/t26-,27-,30+,31+/m0/s1. The molecule has 0 fully saturated rings. The number of ether oxygens (including phenoxy) is 3. The summed E-state index contributed by atoms with van der Waals surface area (Å²) in [5, 5.41) is 51.4. The third-order valence-corrected chi connectivity index (χ3v) is 7.45. The Bertz CT molecular complexity index is 1680. The van der Waals surface area contributed by atoms with Crippen LogP contribution in [-0.2, 0) is 0 Å². The summed E-state index contributed by atoms with van der Waals surface area (Å²) >= 11 is 0. The number of phenolic OH excluding ortho intramolecular Hbond substituents is 5. The van der Waals surface area contributed by atoms with Gasteiger partial charge in [0.05, 0.1) is 18.9 Å². The molecule has 10 heteroatoms. The fraction of sp³-hybridized carbons (Fsp3) is 0.161. The molecule has 2 aliphatic rings.